The molecule has 172 valence electrons. The Morgan fingerprint density at radius 3 is 2.67 bits per heavy atom. The second-order valence-electron chi connectivity index (χ2n) is 7.81. The number of thioether (sulfide) groups is 1. The molecule has 0 saturated carbocycles. The van der Waals surface area contributed by atoms with E-state index < -0.39 is 5.91 Å². The van der Waals surface area contributed by atoms with Crippen molar-refractivity contribution in [1.82, 2.24) is 10.2 Å². The molecule has 2 aromatic rings. The summed E-state index contributed by atoms with van der Waals surface area (Å²) in [5, 5.41) is 2.30. The minimum absolute atomic E-state index is 0.0813. The van der Waals surface area contributed by atoms with E-state index in [9.17, 15) is 14.4 Å². The van der Waals surface area contributed by atoms with E-state index in [0.29, 0.717) is 28.1 Å². The highest BCUT2D eigenvalue weighted by atomic mass is 32.2. The van der Waals surface area contributed by atoms with E-state index in [2.05, 4.69) is 19.2 Å². The fourth-order valence-electron chi connectivity index (χ4n) is 3.30. The van der Waals surface area contributed by atoms with Gasteiger partial charge in [-0.3, -0.25) is 19.3 Å². The Hall–Kier alpha value is -3.46. The summed E-state index contributed by atoms with van der Waals surface area (Å²) in [6.07, 6.45) is 1.64. The van der Waals surface area contributed by atoms with Gasteiger partial charge in [-0.25, -0.2) is 0 Å². The number of nitrogens with zero attached hydrogens (tertiary/aromatic N) is 1. The smallest absolute Gasteiger partial charge is 0.293 e. The minimum Gasteiger partial charge on any atom is -0.484 e. The summed E-state index contributed by atoms with van der Waals surface area (Å²) in [5.74, 6) is 1.55. The highest BCUT2D eigenvalue weighted by Gasteiger charge is 2.34. The molecule has 0 bridgehead atoms. The predicted octanol–water partition coefficient (Wildman–Crippen LogP) is 3.77. The molecule has 3 amide bonds. The van der Waals surface area contributed by atoms with Crippen molar-refractivity contribution in [2.24, 2.45) is 0 Å². The van der Waals surface area contributed by atoms with Gasteiger partial charge in [-0.05, 0) is 59.1 Å². The number of imide groups is 1. The summed E-state index contributed by atoms with van der Waals surface area (Å²) in [4.78, 5) is 38.4. The van der Waals surface area contributed by atoms with E-state index in [1.807, 2.05) is 24.3 Å². The lowest BCUT2D eigenvalue weighted by Gasteiger charge is -2.13. The number of benzene rings is 2. The normalized spacial score (nSPS) is 16.1. The molecule has 4 rings (SSSR count). The van der Waals surface area contributed by atoms with Crippen LogP contribution in [0.3, 0.4) is 0 Å². The third kappa shape index (κ3) is 5.48. The van der Waals surface area contributed by atoms with Crippen LogP contribution in [0, 0.1) is 0 Å². The number of amides is 3. The monoisotopic (exact) mass is 468 g/mol. The molecule has 0 radical (unpaired) electrons. The van der Waals surface area contributed by atoms with Crippen molar-refractivity contribution in [3.8, 4) is 17.2 Å². The molecular formula is C24H24N2O6S. The molecule has 33 heavy (non-hydrogen) atoms. The number of fused-ring (bicyclic) bond motifs is 1. The maximum absolute atomic E-state index is 12.6. The van der Waals surface area contributed by atoms with Gasteiger partial charge in [0.25, 0.3) is 17.1 Å². The molecule has 1 N–H and O–H groups in total. The summed E-state index contributed by atoms with van der Waals surface area (Å²) in [7, 11) is 0. The van der Waals surface area contributed by atoms with Crippen molar-refractivity contribution in [3.05, 3.63) is 58.5 Å². The van der Waals surface area contributed by atoms with Gasteiger partial charge in [-0.1, -0.05) is 32.0 Å². The van der Waals surface area contributed by atoms with Gasteiger partial charge in [0.1, 0.15) is 5.75 Å². The molecule has 1 saturated heterocycles. The van der Waals surface area contributed by atoms with Crippen LogP contribution in [0.25, 0.3) is 6.08 Å². The van der Waals surface area contributed by atoms with Gasteiger partial charge in [0.2, 0.25) is 6.79 Å². The van der Waals surface area contributed by atoms with Crippen molar-refractivity contribution in [2.45, 2.75) is 19.8 Å². The number of nitrogens with one attached hydrogen (secondary N) is 1. The highest BCUT2D eigenvalue weighted by molar-refractivity contribution is 8.18. The Morgan fingerprint density at radius 2 is 1.91 bits per heavy atom. The van der Waals surface area contributed by atoms with Crippen LogP contribution in [0.4, 0.5) is 4.79 Å². The van der Waals surface area contributed by atoms with Crippen LogP contribution in [0.5, 0.6) is 17.2 Å². The molecule has 8 nitrogen and oxygen atoms in total. The molecule has 1 fully saturated rings. The lowest BCUT2D eigenvalue weighted by Crippen LogP contribution is -2.38. The lowest BCUT2D eigenvalue weighted by atomic mass is 10.0. The van der Waals surface area contributed by atoms with E-state index in [1.165, 1.54) is 5.56 Å². The van der Waals surface area contributed by atoms with Crippen LogP contribution in [0.15, 0.2) is 47.4 Å². The quantitative estimate of drug-likeness (QED) is 0.590. The number of hydrogen-bond acceptors (Lipinski definition) is 7. The SMILES string of the molecule is CC(C)c1ccc(OCC(=O)NCCN2C(=O)S/C(=C\c3ccc4c(c3)OCO4)C2=O)cc1. The molecule has 0 atom stereocenters. The first-order chi connectivity index (χ1) is 15.9. The summed E-state index contributed by atoms with van der Waals surface area (Å²) in [6, 6.07) is 12.9. The molecule has 0 aromatic heterocycles. The number of hydrogen-bond donors (Lipinski definition) is 1. The van der Waals surface area contributed by atoms with Crippen molar-refractivity contribution in [1.29, 1.82) is 0 Å². The zero-order valence-corrected chi connectivity index (χ0v) is 19.1. The number of carbonyl (C=O) groups is 3. The van der Waals surface area contributed by atoms with E-state index >= 15 is 0 Å². The number of ether oxygens (including phenoxy) is 3. The van der Waals surface area contributed by atoms with Gasteiger partial charge in [-0.2, -0.15) is 0 Å². The summed E-state index contributed by atoms with van der Waals surface area (Å²) >= 11 is 0.868. The van der Waals surface area contributed by atoms with E-state index in [4.69, 9.17) is 14.2 Å². The second-order valence-corrected chi connectivity index (χ2v) is 8.80. The molecule has 0 aliphatic carbocycles. The van der Waals surface area contributed by atoms with Crippen molar-refractivity contribution in [2.75, 3.05) is 26.5 Å². The predicted molar refractivity (Wildman–Crippen MR) is 124 cm³/mol. The second kappa shape index (κ2) is 9.99. The maximum Gasteiger partial charge on any atom is 0.293 e. The van der Waals surface area contributed by atoms with Crippen LogP contribution in [0.1, 0.15) is 30.9 Å². The Balaban J connectivity index is 1.25. The molecule has 2 aromatic carbocycles. The summed E-state index contributed by atoms with van der Waals surface area (Å²) in [6.45, 7) is 4.45. The molecule has 9 heteroatoms. The van der Waals surface area contributed by atoms with E-state index in [0.717, 1.165) is 22.2 Å². The molecule has 0 unspecified atom stereocenters. The van der Waals surface area contributed by atoms with Gasteiger partial charge < -0.3 is 19.5 Å². The van der Waals surface area contributed by atoms with E-state index in [1.54, 1.807) is 24.3 Å². The van der Waals surface area contributed by atoms with Crippen molar-refractivity contribution < 1.29 is 28.6 Å². The standard InChI is InChI=1S/C24H24N2O6S/c1-15(2)17-4-6-18(7-5-17)30-13-22(27)25-9-10-26-23(28)21(33-24(26)29)12-16-3-8-19-20(11-16)32-14-31-19/h3-8,11-12,15H,9-10,13-14H2,1-2H3,(H,25,27)/b21-12-. The van der Waals surface area contributed by atoms with Crippen molar-refractivity contribution in [3.63, 3.8) is 0 Å². The molecule has 2 aliphatic rings. The lowest BCUT2D eigenvalue weighted by molar-refractivity contribution is -0.125. The van der Waals surface area contributed by atoms with Gasteiger partial charge in [0.15, 0.2) is 18.1 Å². The van der Waals surface area contributed by atoms with Gasteiger partial charge in [0, 0.05) is 13.1 Å². The summed E-state index contributed by atoms with van der Waals surface area (Å²) < 4.78 is 16.1. The number of rotatable bonds is 8. The van der Waals surface area contributed by atoms with Gasteiger partial charge in [0.05, 0.1) is 4.91 Å². The third-order valence-corrected chi connectivity index (χ3v) is 6.05. The van der Waals surface area contributed by atoms with Crippen LogP contribution in [0.2, 0.25) is 0 Å². The van der Waals surface area contributed by atoms with Crippen LogP contribution in [-0.2, 0) is 9.59 Å². The molecule has 2 heterocycles. The van der Waals surface area contributed by atoms with Crippen LogP contribution in [-0.4, -0.2) is 48.4 Å². The first-order valence-corrected chi connectivity index (χ1v) is 11.4. The molecular weight excluding hydrogens is 444 g/mol. The topological polar surface area (TPSA) is 94.2 Å². The van der Waals surface area contributed by atoms with Crippen LogP contribution < -0.4 is 19.5 Å². The highest BCUT2D eigenvalue weighted by Crippen LogP contribution is 2.36. The average Bonchev–Trinajstić information content (AvgIpc) is 3.37. The van der Waals surface area contributed by atoms with Crippen molar-refractivity contribution >= 4 is 34.9 Å². The molecule has 0 spiro atoms. The summed E-state index contributed by atoms with van der Waals surface area (Å²) in [5.41, 5.74) is 1.92. The third-order valence-electron chi connectivity index (χ3n) is 5.14. The fourth-order valence-corrected chi connectivity index (χ4v) is 4.17. The Kier molecular flexibility index (Phi) is 6.88. The zero-order chi connectivity index (χ0) is 23.4. The maximum atomic E-state index is 12.6. The van der Waals surface area contributed by atoms with Gasteiger partial charge >= 0.3 is 0 Å². The largest absolute Gasteiger partial charge is 0.484 e. The average molecular weight is 469 g/mol. The first-order valence-electron chi connectivity index (χ1n) is 10.5. The van der Waals surface area contributed by atoms with E-state index in [-0.39, 0.29) is 37.6 Å². The number of carbonyl (C=O) groups excluding carboxylic acids is 3. The first kappa shape index (κ1) is 22.7. The zero-order valence-electron chi connectivity index (χ0n) is 18.3. The Labute approximate surface area is 195 Å². The van der Waals surface area contributed by atoms with Crippen LogP contribution >= 0.6 is 11.8 Å². The Bertz CT molecular complexity index is 1100. The Morgan fingerprint density at radius 1 is 1.15 bits per heavy atom. The van der Waals surface area contributed by atoms with Gasteiger partial charge in [-0.15, -0.1) is 0 Å². The fraction of sp³-hybridized carbons (Fsp3) is 0.292. The minimum atomic E-state index is -0.390. The molecule has 2 aliphatic heterocycles.